The number of piperidine rings is 1. The number of hydrogen-bond acceptors (Lipinski definition) is 5. The fourth-order valence-electron chi connectivity index (χ4n) is 2.12. The maximum Gasteiger partial charge on any atom is 0.300 e. The lowest BCUT2D eigenvalue weighted by Gasteiger charge is -2.29. The third-order valence-corrected chi connectivity index (χ3v) is 3.45. The Morgan fingerprint density at radius 2 is 2.20 bits per heavy atom. The van der Waals surface area contributed by atoms with Gasteiger partial charge in [0.2, 0.25) is 0 Å². The average Bonchev–Trinajstić information content (AvgIpc) is 2.46. The number of halogens is 1. The van der Waals surface area contributed by atoms with E-state index in [-0.39, 0.29) is 22.3 Å². The molecule has 0 atom stereocenters. The molecule has 8 heteroatoms. The molecule has 1 fully saturated rings. The van der Waals surface area contributed by atoms with E-state index in [9.17, 15) is 14.9 Å². The molecule has 20 heavy (non-hydrogen) atoms. The lowest BCUT2D eigenvalue weighted by molar-refractivity contribution is -0.385. The van der Waals surface area contributed by atoms with E-state index in [1.54, 1.807) is 0 Å². The van der Waals surface area contributed by atoms with Gasteiger partial charge in [-0.2, -0.15) is 5.26 Å². The second kappa shape index (κ2) is 5.84. The van der Waals surface area contributed by atoms with E-state index < -0.39 is 10.8 Å². The molecule has 0 N–H and O–H groups in total. The van der Waals surface area contributed by atoms with Gasteiger partial charge >= 0.3 is 0 Å². The quantitative estimate of drug-likeness (QED) is 0.472. The van der Waals surface area contributed by atoms with E-state index in [0.29, 0.717) is 25.9 Å². The van der Waals surface area contributed by atoms with Crippen LogP contribution < -0.4 is 0 Å². The van der Waals surface area contributed by atoms with Gasteiger partial charge in [0.05, 0.1) is 11.0 Å². The van der Waals surface area contributed by atoms with Crippen molar-refractivity contribution < 1.29 is 9.72 Å². The molecular formula is C12H11ClN4O3. The molecule has 0 aromatic carbocycles. The zero-order valence-electron chi connectivity index (χ0n) is 10.5. The second-order valence-corrected chi connectivity index (χ2v) is 4.86. The summed E-state index contributed by atoms with van der Waals surface area (Å²) in [7, 11) is 0. The summed E-state index contributed by atoms with van der Waals surface area (Å²) in [5, 5.41) is 19.8. The summed E-state index contributed by atoms with van der Waals surface area (Å²) in [6.45, 7) is 0.822. The number of carbonyl (C=O) groups excluding carboxylic acids is 1. The summed E-state index contributed by atoms with van der Waals surface area (Å²) < 4.78 is 0. The number of likely N-dealkylation sites (tertiary alicyclic amines) is 1. The van der Waals surface area contributed by atoms with Gasteiger partial charge in [-0.25, -0.2) is 4.98 Å². The van der Waals surface area contributed by atoms with Crippen LogP contribution in [0.25, 0.3) is 0 Å². The van der Waals surface area contributed by atoms with Crippen LogP contribution in [0.3, 0.4) is 0 Å². The zero-order valence-corrected chi connectivity index (χ0v) is 11.2. The van der Waals surface area contributed by atoms with Crippen LogP contribution in [0.4, 0.5) is 5.69 Å². The Morgan fingerprint density at radius 3 is 2.75 bits per heavy atom. The van der Waals surface area contributed by atoms with Crippen LogP contribution in [0.15, 0.2) is 12.3 Å². The van der Waals surface area contributed by atoms with Crippen molar-refractivity contribution in [2.45, 2.75) is 12.8 Å². The molecule has 0 spiro atoms. The lowest BCUT2D eigenvalue weighted by Crippen LogP contribution is -2.38. The van der Waals surface area contributed by atoms with E-state index in [2.05, 4.69) is 11.1 Å². The molecule has 1 aromatic rings. The molecule has 0 bridgehead atoms. The summed E-state index contributed by atoms with van der Waals surface area (Å²) in [6.07, 6.45) is 2.14. The van der Waals surface area contributed by atoms with Crippen LogP contribution in [0.2, 0.25) is 5.15 Å². The number of pyridine rings is 1. The third kappa shape index (κ3) is 2.86. The van der Waals surface area contributed by atoms with Crippen LogP contribution in [0, 0.1) is 27.4 Å². The highest BCUT2D eigenvalue weighted by Crippen LogP contribution is 2.24. The van der Waals surface area contributed by atoms with E-state index in [0.717, 1.165) is 6.20 Å². The molecular weight excluding hydrogens is 284 g/mol. The maximum atomic E-state index is 12.3. The Balaban J connectivity index is 2.24. The Morgan fingerprint density at radius 1 is 1.55 bits per heavy atom. The van der Waals surface area contributed by atoms with Crippen molar-refractivity contribution in [2.24, 2.45) is 5.92 Å². The third-order valence-electron chi connectivity index (χ3n) is 3.24. The Labute approximate surface area is 119 Å². The fourth-order valence-corrected chi connectivity index (χ4v) is 2.28. The second-order valence-electron chi connectivity index (χ2n) is 4.48. The molecule has 0 saturated carbocycles. The molecule has 7 nitrogen and oxygen atoms in total. The fraction of sp³-hybridized carbons (Fsp3) is 0.417. The molecule has 1 amide bonds. The average molecular weight is 295 g/mol. The van der Waals surface area contributed by atoms with Crippen LogP contribution in [-0.4, -0.2) is 33.8 Å². The van der Waals surface area contributed by atoms with Gasteiger partial charge in [0.1, 0.15) is 16.9 Å². The number of rotatable bonds is 2. The number of carbonyl (C=O) groups is 1. The standard InChI is InChI=1S/C12H11ClN4O3/c13-11-5-9(10(7-15-11)17(19)20)12(18)16-3-1-8(6-14)2-4-16/h5,7-8H,1-4H2. The zero-order chi connectivity index (χ0) is 14.7. The van der Waals surface area contributed by atoms with Gasteiger partial charge in [0, 0.05) is 19.0 Å². The highest BCUT2D eigenvalue weighted by molar-refractivity contribution is 6.29. The predicted molar refractivity (Wildman–Crippen MR) is 70.1 cm³/mol. The first kappa shape index (κ1) is 14.2. The summed E-state index contributed by atoms with van der Waals surface area (Å²) in [5.74, 6) is -0.507. The maximum absolute atomic E-state index is 12.3. The number of aromatic nitrogens is 1. The molecule has 1 aliphatic heterocycles. The van der Waals surface area contributed by atoms with Crippen molar-refractivity contribution in [1.29, 1.82) is 5.26 Å². The number of amides is 1. The van der Waals surface area contributed by atoms with Crippen molar-refractivity contribution in [3.8, 4) is 6.07 Å². The van der Waals surface area contributed by atoms with Crippen molar-refractivity contribution in [2.75, 3.05) is 13.1 Å². The minimum Gasteiger partial charge on any atom is -0.338 e. The first-order valence-corrected chi connectivity index (χ1v) is 6.39. The van der Waals surface area contributed by atoms with Crippen LogP contribution >= 0.6 is 11.6 Å². The number of hydrogen-bond donors (Lipinski definition) is 0. The molecule has 104 valence electrons. The minimum atomic E-state index is -0.654. The van der Waals surface area contributed by atoms with Crippen molar-refractivity contribution in [3.05, 3.63) is 33.1 Å². The molecule has 0 unspecified atom stereocenters. The first-order valence-electron chi connectivity index (χ1n) is 6.01. The molecule has 2 heterocycles. The Kier molecular flexibility index (Phi) is 4.15. The Hall–Kier alpha value is -2.20. The Bertz CT molecular complexity index is 591. The van der Waals surface area contributed by atoms with Crippen molar-refractivity contribution >= 4 is 23.2 Å². The highest BCUT2D eigenvalue weighted by atomic mass is 35.5. The largest absolute Gasteiger partial charge is 0.338 e. The number of nitriles is 1. The van der Waals surface area contributed by atoms with Gasteiger partial charge < -0.3 is 4.90 Å². The SMILES string of the molecule is N#CC1CCN(C(=O)c2cc(Cl)ncc2[N+](=O)[O-])CC1. The predicted octanol–water partition coefficient (Wildman–Crippen LogP) is 2.02. The smallest absolute Gasteiger partial charge is 0.300 e. The molecule has 0 radical (unpaired) electrons. The lowest BCUT2D eigenvalue weighted by atomic mass is 9.98. The van der Waals surface area contributed by atoms with Gasteiger partial charge in [0.25, 0.3) is 11.6 Å². The van der Waals surface area contributed by atoms with Gasteiger partial charge in [0.15, 0.2) is 0 Å². The summed E-state index contributed by atoms with van der Waals surface area (Å²) >= 11 is 5.70. The van der Waals surface area contributed by atoms with E-state index >= 15 is 0 Å². The van der Waals surface area contributed by atoms with Crippen LogP contribution in [-0.2, 0) is 0 Å². The van der Waals surface area contributed by atoms with Crippen LogP contribution in [0.1, 0.15) is 23.2 Å². The monoisotopic (exact) mass is 294 g/mol. The molecule has 1 aliphatic rings. The first-order chi connectivity index (χ1) is 9.52. The van der Waals surface area contributed by atoms with Gasteiger partial charge in [-0.05, 0) is 18.9 Å². The van der Waals surface area contributed by atoms with Gasteiger partial charge in [-0.15, -0.1) is 0 Å². The molecule has 0 aliphatic carbocycles. The number of nitrogens with zero attached hydrogens (tertiary/aromatic N) is 4. The normalized spacial score (nSPS) is 15.7. The van der Waals surface area contributed by atoms with Crippen molar-refractivity contribution in [1.82, 2.24) is 9.88 Å². The summed E-state index contributed by atoms with van der Waals surface area (Å²) in [6, 6.07) is 3.37. The molecule has 1 saturated heterocycles. The molecule has 1 aromatic heterocycles. The minimum absolute atomic E-state index is 0.0332. The summed E-state index contributed by atoms with van der Waals surface area (Å²) in [5.41, 5.74) is -0.424. The van der Waals surface area contributed by atoms with E-state index in [1.807, 2.05) is 0 Å². The van der Waals surface area contributed by atoms with Gasteiger partial charge in [-0.3, -0.25) is 14.9 Å². The van der Waals surface area contributed by atoms with Gasteiger partial charge in [-0.1, -0.05) is 11.6 Å². The van der Waals surface area contributed by atoms with Crippen LogP contribution in [0.5, 0.6) is 0 Å². The number of nitro groups is 1. The topological polar surface area (TPSA) is 100 Å². The summed E-state index contributed by atoms with van der Waals surface area (Å²) in [4.78, 5) is 27.7. The van der Waals surface area contributed by atoms with E-state index in [1.165, 1.54) is 11.0 Å². The van der Waals surface area contributed by atoms with E-state index in [4.69, 9.17) is 16.9 Å². The molecule has 2 rings (SSSR count). The van der Waals surface area contributed by atoms with Crippen molar-refractivity contribution in [3.63, 3.8) is 0 Å². The highest BCUT2D eigenvalue weighted by Gasteiger charge is 2.28.